The Balaban J connectivity index is 1.71. The van der Waals surface area contributed by atoms with Gasteiger partial charge in [0.15, 0.2) is 0 Å². The Bertz CT molecular complexity index is 154. The summed E-state index contributed by atoms with van der Waals surface area (Å²) in [5.41, 5.74) is 3.60. The molecule has 2 atom stereocenters. The van der Waals surface area contributed by atoms with Gasteiger partial charge in [-0.1, -0.05) is 6.92 Å². The van der Waals surface area contributed by atoms with Crippen LogP contribution < -0.4 is 5.43 Å². The summed E-state index contributed by atoms with van der Waals surface area (Å²) in [5.74, 6) is 0.915. The van der Waals surface area contributed by atoms with Crippen LogP contribution in [0.15, 0.2) is 0 Å². The molecule has 1 aliphatic heterocycles. The van der Waals surface area contributed by atoms with Crippen molar-refractivity contribution in [3.63, 3.8) is 0 Å². The summed E-state index contributed by atoms with van der Waals surface area (Å²) in [6, 6.07) is 0.730. The lowest BCUT2D eigenvalue weighted by Crippen LogP contribution is -2.49. The van der Waals surface area contributed by atoms with Crippen LogP contribution in [0.25, 0.3) is 0 Å². The highest BCUT2D eigenvalue weighted by atomic mass is 16.5. The number of ether oxygens (including phenoxy) is 1. The number of hydrazine groups is 1. The molecule has 0 aromatic heterocycles. The first kappa shape index (κ1) is 9.44. The Labute approximate surface area is 80.4 Å². The van der Waals surface area contributed by atoms with Crippen molar-refractivity contribution in [1.29, 1.82) is 0 Å². The number of morpholine rings is 1. The fourth-order valence-corrected chi connectivity index (χ4v) is 2.28. The smallest absolute Gasteiger partial charge is 0.0608 e. The molecule has 0 aromatic rings. The van der Waals surface area contributed by atoms with Gasteiger partial charge in [0, 0.05) is 19.1 Å². The second kappa shape index (κ2) is 4.40. The van der Waals surface area contributed by atoms with Crippen LogP contribution in [0.4, 0.5) is 0 Å². The van der Waals surface area contributed by atoms with E-state index in [0.717, 1.165) is 38.3 Å². The van der Waals surface area contributed by atoms with Gasteiger partial charge in [0.1, 0.15) is 0 Å². The lowest BCUT2D eigenvalue weighted by atomic mass is 10.1. The van der Waals surface area contributed by atoms with E-state index >= 15 is 0 Å². The highest BCUT2D eigenvalue weighted by Gasteiger charge is 2.23. The van der Waals surface area contributed by atoms with E-state index in [4.69, 9.17) is 4.74 Å². The van der Waals surface area contributed by atoms with Crippen molar-refractivity contribution < 1.29 is 4.74 Å². The summed E-state index contributed by atoms with van der Waals surface area (Å²) >= 11 is 0. The molecule has 2 unspecified atom stereocenters. The van der Waals surface area contributed by atoms with Gasteiger partial charge >= 0.3 is 0 Å². The molecule has 3 nitrogen and oxygen atoms in total. The van der Waals surface area contributed by atoms with Gasteiger partial charge in [-0.15, -0.1) is 0 Å². The monoisotopic (exact) mass is 184 g/mol. The Morgan fingerprint density at radius 2 is 2.00 bits per heavy atom. The summed E-state index contributed by atoms with van der Waals surface area (Å²) in [6.45, 7) is 6.21. The van der Waals surface area contributed by atoms with Crippen molar-refractivity contribution in [3.05, 3.63) is 0 Å². The summed E-state index contributed by atoms with van der Waals surface area (Å²) < 4.78 is 5.30. The van der Waals surface area contributed by atoms with Crippen molar-refractivity contribution >= 4 is 0 Å². The van der Waals surface area contributed by atoms with Crippen LogP contribution in [0.3, 0.4) is 0 Å². The lowest BCUT2D eigenvalue weighted by molar-refractivity contribution is 0.00390. The molecule has 1 aliphatic carbocycles. The van der Waals surface area contributed by atoms with Gasteiger partial charge in [0.25, 0.3) is 0 Å². The zero-order valence-electron chi connectivity index (χ0n) is 8.46. The van der Waals surface area contributed by atoms with E-state index < -0.39 is 0 Å². The molecule has 0 radical (unpaired) electrons. The minimum absolute atomic E-state index is 0.730. The lowest BCUT2D eigenvalue weighted by Gasteiger charge is -2.30. The molecule has 1 saturated heterocycles. The molecule has 0 aromatic carbocycles. The molecule has 1 N–H and O–H groups in total. The molecule has 13 heavy (non-hydrogen) atoms. The van der Waals surface area contributed by atoms with Gasteiger partial charge < -0.3 is 4.74 Å². The van der Waals surface area contributed by atoms with Crippen LogP contribution in [0.5, 0.6) is 0 Å². The largest absolute Gasteiger partial charge is 0.379 e. The SMILES string of the molecule is CC1CCC(NN2CCOCC2)C1. The highest BCUT2D eigenvalue weighted by molar-refractivity contribution is 4.77. The number of hydrogen-bond acceptors (Lipinski definition) is 3. The first-order valence-corrected chi connectivity index (χ1v) is 5.43. The quantitative estimate of drug-likeness (QED) is 0.693. The van der Waals surface area contributed by atoms with Crippen LogP contribution in [-0.4, -0.2) is 37.4 Å². The van der Waals surface area contributed by atoms with Gasteiger partial charge in [0.2, 0.25) is 0 Å². The minimum atomic E-state index is 0.730. The van der Waals surface area contributed by atoms with E-state index in [1.807, 2.05) is 0 Å². The van der Waals surface area contributed by atoms with Crippen LogP contribution in [0.1, 0.15) is 26.2 Å². The second-order valence-electron chi connectivity index (χ2n) is 4.34. The Morgan fingerprint density at radius 3 is 2.62 bits per heavy atom. The molecule has 1 saturated carbocycles. The summed E-state index contributed by atoms with van der Waals surface area (Å²) in [7, 11) is 0. The van der Waals surface area contributed by atoms with E-state index in [1.165, 1.54) is 19.3 Å². The van der Waals surface area contributed by atoms with Gasteiger partial charge in [-0.25, -0.2) is 5.01 Å². The standard InChI is InChI=1S/C10H20N2O/c1-9-2-3-10(8-9)11-12-4-6-13-7-5-12/h9-11H,2-8H2,1H3. The normalized spacial score (nSPS) is 36.7. The third kappa shape index (κ3) is 2.66. The van der Waals surface area contributed by atoms with Crippen molar-refractivity contribution in [1.82, 2.24) is 10.4 Å². The fraction of sp³-hybridized carbons (Fsp3) is 1.00. The zero-order valence-corrected chi connectivity index (χ0v) is 8.46. The van der Waals surface area contributed by atoms with Gasteiger partial charge in [0.05, 0.1) is 13.2 Å². The maximum absolute atomic E-state index is 5.30. The van der Waals surface area contributed by atoms with Gasteiger partial charge in [-0.3, -0.25) is 5.43 Å². The molecule has 0 amide bonds. The van der Waals surface area contributed by atoms with E-state index in [0.29, 0.717) is 0 Å². The average Bonchev–Trinajstić information content (AvgIpc) is 2.53. The maximum atomic E-state index is 5.30. The van der Waals surface area contributed by atoms with E-state index in [9.17, 15) is 0 Å². The minimum Gasteiger partial charge on any atom is -0.379 e. The Morgan fingerprint density at radius 1 is 1.23 bits per heavy atom. The molecule has 2 fully saturated rings. The second-order valence-corrected chi connectivity index (χ2v) is 4.34. The molecule has 76 valence electrons. The molecule has 0 spiro atoms. The molecule has 0 bridgehead atoms. The number of nitrogens with zero attached hydrogens (tertiary/aromatic N) is 1. The third-order valence-electron chi connectivity index (χ3n) is 3.07. The van der Waals surface area contributed by atoms with Gasteiger partial charge in [-0.05, 0) is 25.2 Å². The summed E-state index contributed by atoms with van der Waals surface area (Å²) in [6.07, 6.45) is 4.08. The number of nitrogens with one attached hydrogen (secondary N) is 1. The first-order chi connectivity index (χ1) is 6.34. The highest BCUT2D eigenvalue weighted by Crippen LogP contribution is 2.24. The Hall–Kier alpha value is -0.120. The zero-order chi connectivity index (χ0) is 9.10. The van der Waals surface area contributed by atoms with Crippen molar-refractivity contribution in [2.45, 2.75) is 32.2 Å². The number of rotatable bonds is 2. The summed E-state index contributed by atoms with van der Waals surface area (Å²) in [5, 5.41) is 2.33. The average molecular weight is 184 g/mol. The topological polar surface area (TPSA) is 24.5 Å². The van der Waals surface area contributed by atoms with Crippen LogP contribution in [0.2, 0.25) is 0 Å². The van der Waals surface area contributed by atoms with E-state index in [1.54, 1.807) is 0 Å². The van der Waals surface area contributed by atoms with Crippen molar-refractivity contribution in [3.8, 4) is 0 Å². The Kier molecular flexibility index (Phi) is 3.19. The third-order valence-corrected chi connectivity index (χ3v) is 3.07. The van der Waals surface area contributed by atoms with Crippen molar-refractivity contribution in [2.75, 3.05) is 26.3 Å². The molecule has 3 heteroatoms. The number of hydrogen-bond donors (Lipinski definition) is 1. The molecule has 2 aliphatic rings. The predicted octanol–water partition coefficient (Wildman–Crippen LogP) is 1.01. The van der Waals surface area contributed by atoms with E-state index in [2.05, 4.69) is 17.4 Å². The first-order valence-electron chi connectivity index (χ1n) is 5.43. The summed E-state index contributed by atoms with van der Waals surface area (Å²) in [4.78, 5) is 0. The van der Waals surface area contributed by atoms with Gasteiger partial charge in [-0.2, -0.15) is 0 Å². The van der Waals surface area contributed by atoms with Crippen molar-refractivity contribution in [2.24, 2.45) is 5.92 Å². The fourth-order valence-electron chi connectivity index (χ4n) is 2.28. The van der Waals surface area contributed by atoms with Crippen LogP contribution >= 0.6 is 0 Å². The van der Waals surface area contributed by atoms with Crippen LogP contribution in [-0.2, 0) is 4.74 Å². The molecule has 1 heterocycles. The van der Waals surface area contributed by atoms with Crippen LogP contribution in [0, 0.1) is 5.92 Å². The van der Waals surface area contributed by atoms with E-state index in [-0.39, 0.29) is 0 Å². The predicted molar refractivity (Wildman–Crippen MR) is 52.3 cm³/mol. The molecular weight excluding hydrogens is 164 g/mol. The molecule has 2 rings (SSSR count). The molecular formula is C10H20N2O. The maximum Gasteiger partial charge on any atom is 0.0608 e.